The largest absolute Gasteiger partial charge is 0.504 e. The van der Waals surface area contributed by atoms with Gasteiger partial charge in [-0.15, -0.1) is 11.3 Å². The van der Waals surface area contributed by atoms with Crippen molar-refractivity contribution < 1.29 is 29.2 Å². The zero-order chi connectivity index (χ0) is 76.5. The van der Waals surface area contributed by atoms with E-state index in [4.69, 9.17) is 33.9 Å². The van der Waals surface area contributed by atoms with Gasteiger partial charge in [-0.3, -0.25) is 0 Å². The lowest BCUT2D eigenvalue weighted by molar-refractivity contribution is 0.292. The van der Waals surface area contributed by atoms with Gasteiger partial charge in [0.2, 0.25) is 0 Å². The number of hydrogen-bond donors (Lipinski definition) is 4. The molecule has 582 valence electrons. The Labute approximate surface area is 660 Å². The number of phenolic OH excluding ortho intramolecular Hbond substituents is 2. The number of benzene rings is 5. The number of aryl methyl sites for hydroxylation is 2. The molecule has 8 bridgehead atoms. The number of unbranched alkanes of at least 4 members (excludes halogenated alkanes) is 26. The molecule has 11 rings (SSSR count). The van der Waals surface area contributed by atoms with Gasteiger partial charge in [-0.25, -0.2) is 15.0 Å². The second-order valence-corrected chi connectivity index (χ2v) is 31.1. The van der Waals surface area contributed by atoms with Crippen LogP contribution in [0, 0.1) is 11.8 Å². The van der Waals surface area contributed by atoms with Crippen molar-refractivity contribution in [2.45, 2.75) is 260 Å². The van der Waals surface area contributed by atoms with Gasteiger partial charge >= 0.3 is 0 Å². The van der Waals surface area contributed by atoms with Gasteiger partial charge in [-0.05, 0) is 166 Å². The van der Waals surface area contributed by atoms with Gasteiger partial charge in [-0.1, -0.05) is 251 Å². The number of ether oxygens (including phenoxy) is 4. The van der Waals surface area contributed by atoms with E-state index in [1.54, 1.807) is 6.07 Å². The topological polar surface area (TPSA) is 151 Å². The number of nitrogens with zero attached hydrogens (tertiary/aromatic N) is 4. The van der Waals surface area contributed by atoms with Crippen LogP contribution in [0.1, 0.15) is 291 Å². The van der Waals surface area contributed by atoms with Gasteiger partial charge in [0, 0.05) is 45.7 Å². The molecule has 2 aliphatic heterocycles. The summed E-state index contributed by atoms with van der Waals surface area (Å²) in [6.45, 7) is 15.8. The normalized spacial score (nSPS) is 11.8. The van der Waals surface area contributed by atoms with Crippen molar-refractivity contribution in [2.75, 3.05) is 31.3 Å². The van der Waals surface area contributed by atoms with Crippen LogP contribution in [0.25, 0.3) is 78.8 Å². The minimum atomic E-state index is -0.236. The summed E-state index contributed by atoms with van der Waals surface area (Å²) >= 11 is 1.35. The molecule has 6 heterocycles. The Balaban J connectivity index is 1.22. The van der Waals surface area contributed by atoms with Crippen molar-refractivity contribution in [3.05, 3.63) is 166 Å². The number of hydrogen-bond acceptors (Lipinski definition) is 11. The first kappa shape index (κ1) is 81.7. The molecular formula is C97H122N6O6S. The fourth-order valence-electron chi connectivity index (χ4n) is 15.0. The maximum atomic E-state index is 10.6. The van der Waals surface area contributed by atoms with E-state index in [-0.39, 0.29) is 11.5 Å². The van der Waals surface area contributed by atoms with Gasteiger partial charge in [0.15, 0.2) is 16.5 Å². The van der Waals surface area contributed by atoms with Crippen molar-refractivity contribution >= 4 is 85.0 Å². The maximum Gasteiger partial charge on any atom is 0.168 e. The van der Waals surface area contributed by atoms with Crippen molar-refractivity contribution in [1.82, 2.24) is 24.9 Å². The third-order valence-electron chi connectivity index (χ3n) is 21.3. The summed E-state index contributed by atoms with van der Waals surface area (Å²) in [6, 6.07) is 42.7. The summed E-state index contributed by atoms with van der Waals surface area (Å²) in [5, 5.41) is 21.8. The molecule has 0 aliphatic carbocycles. The average Bonchev–Trinajstić information content (AvgIpc) is 1.60. The SMILES string of the molecule is CCCCCCCCOc1cccc(OCCCCCCCC)c1-c1c2nc(c(N(c3ccc(CCCCCC)cc3)c3ccc(CCCCCC)cc3)c3ccc([nH]3)c(-c3c(OCCCCCCCC)cccc3OCCCCCCCC)c3nc(c(C#Cc4nc5cc(O)c(O)cc5s4)c4ccc1[nH]4)C=C3)C=C2. The first-order valence-corrected chi connectivity index (χ1v) is 43.3. The van der Waals surface area contributed by atoms with Gasteiger partial charge in [0.1, 0.15) is 23.0 Å². The van der Waals surface area contributed by atoms with Gasteiger partial charge < -0.3 is 44.0 Å². The first-order valence-electron chi connectivity index (χ1n) is 42.5. The molecule has 0 saturated carbocycles. The maximum absolute atomic E-state index is 10.6. The molecule has 13 heteroatoms. The first-order chi connectivity index (χ1) is 54.2. The van der Waals surface area contributed by atoms with Crippen molar-refractivity contribution in [3.63, 3.8) is 0 Å². The van der Waals surface area contributed by atoms with E-state index in [9.17, 15) is 10.2 Å². The summed E-state index contributed by atoms with van der Waals surface area (Å²) in [5.41, 5.74) is 16.0. The molecule has 4 aromatic heterocycles. The number of aromatic nitrogens is 5. The number of fused-ring (bicyclic) bond motifs is 9. The average molecular weight is 1500 g/mol. The van der Waals surface area contributed by atoms with E-state index in [2.05, 4.69) is 202 Å². The Morgan fingerprint density at radius 2 is 0.718 bits per heavy atom. The number of anilines is 3. The van der Waals surface area contributed by atoms with E-state index in [0.717, 1.165) is 173 Å². The van der Waals surface area contributed by atoms with Crippen LogP contribution >= 0.6 is 11.3 Å². The van der Waals surface area contributed by atoms with Gasteiger partial charge in [0.25, 0.3) is 0 Å². The Kier molecular flexibility index (Phi) is 32.7. The van der Waals surface area contributed by atoms with E-state index < -0.39 is 0 Å². The molecule has 12 nitrogen and oxygen atoms in total. The lowest BCUT2D eigenvalue weighted by Crippen LogP contribution is -2.12. The Morgan fingerprint density at radius 1 is 0.355 bits per heavy atom. The Bertz CT molecular complexity index is 4420. The van der Waals surface area contributed by atoms with E-state index >= 15 is 0 Å². The second kappa shape index (κ2) is 44.0. The van der Waals surface area contributed by atoms with E-state index in [1.807, 2.05) is 0 Å². The summed E-state index contributed by atoms with van der Waals surface area (Å²) in [6.07, 6.45) is 47.4. The molecule has 110 heavy (non-hydrogen) atoms. The number of phenols is 2. The number of nitrogens with one attached hydrogen (secondary N) is 2. The number of thiazole rings is 1. The van der Waals surface area contributed by atoms with Crippen molar-refractivity contribution in [1.29, 1.82) is 0 Å². The molecule has 0 amide bonds. The Hall–Kier alpha value is -9.25. The van der Waals surface area contributed by atoms with Crippen LogP contribution in [0.2, 0.25) is 0 Å². The third kappa shape index (κ3) is 22.7. The number of rotatable bonds is 47. The fraction of sp³-hybridized carbons (Fsp3) is 0.454. The predicted molar refractivity (Wildman–Crippen MR) is 465 cm³/mol. The summed E-state index contributed by atoms with van der Waals surface area (Å²) < 4.78 is 29.1. The summed E-state index contributed by atoms with van der Waals surface area (Å²) in [5.74, 6) is 9.52. The second-order valence-electron chi connectivity index (χ2n) is 30.1. The van der Waals surface area contributed by atoms with Crippen molar-refractivity contribution in [2.24, 2.45) is 0 Å². The number of aromatic hydroxyl groups is 2. The highest BCUT2D eigenvalue weighted by Crippen LogP contribution is 2.48. The van der Waals surface area contributed by atoms with Crippen LogP contribution in [0.15, 0.2) is 121 Å². The van der Waals surface area contributed by atoms with Crippen LogP contribution in [0.4, 0.5) is 17.1 Å². The van der Waals surface area contributed by atoms with E-state index in [1.165, 1.54) is 170 Å². The van der Waals surface area contributed by atoms with E-state index in [0.29, 0.717) is 58.6 Å². The minimum Gasteiger partial charge on any atom is -0.504 e. The number of aromatic amines is 2. The van der Waals surface area contributed by atoms with Crippen LogP contribution < -0.4 is 23.8 Å². The van der Waals surface area contributed by atoms with Crippen LogP contribution in [0.5, 0.6) is 34.5 Å². The molecule has 9 aromatic rings. The molecule has 0 unspecified atom stereocenters. The Morgan fingerprint density at radius 3 is 1.16 bits per heavy atom. The molecule has 2 aliphatic rings. The number of H-pyrrole nitrogens is 2. The molecule has 0 atom stereocenters. The molecule has 4 N–H and O–H groups in total. The summed E-state index contributed by atoms with van der Waals surface area (Å²) in [4.78, 5) is 27.2. The highest BCUT2D eigenvalue weighted by atomic mass is 32.1. The van der Waals surface area contributed by atoms with Crippen LogP contribution in [-0.2, 0) is 12.8 Å². The third-order valence-corrected chi connectivity index (χ3v) is 22.2. The van der Waals surface area contributed by atoms with Gasteiger partial charge in [-0.2, -0.15) is 0 Å². The lowest BCUT2D eigenvalue weighted by Gasteiger charge is -2.27. The predicted octanol–water partition coefficient (Wildman–Crippen LogP) is 28.1. The highest BCUT2D eigenvalue weighted by Gasteiger charge is 2.27. The fourth-order valence-corrected chi connectivity index (χ4v) is 15.8. The van der Waals surface area contributed by atoms with Gasteiger partial charge in [0.05, 0.1) is 92.8 Å². The molecule has 0 saturated heterocycles. The zero-order valence-electron chi connectivity index (χ0n) is 67.0. The monoisotopic (exact) mass is 1500 g/mol. The molecule has 0 radical (unpaired) electrons. The molecular weight excluding hydrogens is 1380 g/mol. The molecule has 0 spiro atoms. The summed E-state index contributed by atoms with van der Waals surface area (Å²) in [7, 11) is 0. The minimum absolute atomic E-state index is 0.210. The van der Waals surface area contributed by atoms with Crippen LogP contribution in [-0.4, -0.2) is 61.6 Å². The van der Waals surface area contributed by atoms with Crippen molar-refractivity contribution in [3.8, 4) is 68.6 Å². The highest BCUT2D eigenvalue weighted by molar-refractivity contribution is 7.19. The standard InChI is InChI=1S/C97H122N6O6S/c1-7-13-19-25-29-35-65-106-87-43-39-44-88(107-66-36-30-26-20-14-8-2)95(87)93-78-58-56-76(98-78)75(55-64-92-102-84-69-85(104)86(105)70-91(84)110-92)77-57-59-79(99-77)94(96-89(108-67-37-31-27-21-15-9-3)45-40-46-90(96)109-68-38-32-28-22-16-10-4)81-61-63-83(101-81)97(82-62-60-80(93)100-82)103(73-51-47-71(48-52-73)41-33-23-17-11-5)74-53-49-72(50-54-74)42-34-24-18-12-6/h39-40,43-54,56-63,69-70,98,101,104-105H,7-38,41-42,65-68H2,1-6H3. The zero-order valence-corrected chi connectivity index (χ0v) is 67.8. The molecule has 5 aromatic carbocycles. The smallest absolute Gasteiger partial charge is 0.168 e. The lowest BCUT2D eigenvalue weighted by atomic mass is 10.0. The molecule has 0 fully saturated rings. The van der Waals surface area contributed by atoms with Crippen LogP contribution in [0.3, 0.4) is 0 Å². The quantitative estimate of drug-likeness (QED) is 0.0165.